The Morgan fingerprint density at radius 1 is 1.08 bits per heavy atom. The number of benzene rings is 2. The zero-order valence-corrected chi connectivity index (χ0v) is 14.9. The van der Waals surface area contributed by atoms with E-state index in [2.05, 4.69) is 27.6 Å². The number of hydrogen-bond donors (Lipinski definition) is 1. The summed E-state index contributed by atoms with van der Waals surface area (Å²) in [5.74, 6) is -0.153. The third-order valence-corrected chi connectivity index (χ3v) is 5.48. The van der Waals surface area contributed by atoms with Crippen molar-refractivity contribution >= 4 is 34.1 Å². The van der Waals surface area contributed by atoms with Gasteiger partial charge in [0.25, 0.3) is 5.91 Å². The van der Waals surface area contributed by atoms with Crippen LogP contribution in [-0.4, -0.2) is 21.9 Å². The van der Waals surface area contributed by atoms with Crippen LogP contribution in [0.15, 0.2) is 58.9 Å². The Kier molecular flexibility index (Phi) is 6.14. The van der Waals surface area contributed by atoms with Gasteiger partial charge in [0.05, 0.1) is 5.56 Å². The average molecular weight is 373 g/mol. The summed E-state index contributed by atoms with van der Waals surface area (Å²) in [7, 11) is 0. The third-order valence-electron chi connectivity index (χ3n) is 3.42. The summed E-state index contributed by atoms with van der Waals surface area (Å²) in [6.07, 6.45) is 2.05. The van der Waals surface area contributed by atoms with E-state index in [0.717, 1.165) is 22.9 Å². The Morgan fingerprint density at radius 2 is 1.84 bits per heavy atom. The summed E-state index contributed by atoms with van der Waals surface area (Å²) in [6, 6.07) is 16.2. The van der Waals surface area contributed by atoms with E-state index < -0.39 is 11.7 Å². The highest BCUT2D eigenvalue weighted by atomic mass is 32.2. The number of amides is 1. The van der Waals surface area contributed by atoms with Crippen molar-refractivity contribution in [2.75, 3.05) is 11.1 Å². The second-order valence-corrected chi connectivity index (χ2v) is 7.56. The van der Waals surface area contributed by atoms with Crippen LogP contribution in [0.4, 0.5) is 9.52 Å². The molecule has 0 spiro atoms. The fraction of sp³-hybridized carbons (Fsp3) is 0.167. The molecule has 0 saturated heterocycles. The fourth-order valence-electron chi connectivity index (χ4n) is 2.21. The molecule has 0 radical (unpaired) electrons. The molecule has 2 aromatic carbocycles. The van der Waals surface area contributed by atoms with Gasteiger partial charge in [-0.15, -0.1) is 10.2 Å². The maximum absolute atomic E-state index is 13.6. The van der Waals surface area contributed by atoms with Crippen molar-refractivity contribution in [1.29, 1.82) is 0 Å². The molecule has 0 bridgehead atoms. The molecule has 0 aliphatic heterocycles. The number of aromatic nitrogens is 2. The van der Waals surface area contributed by atoms with Crippen molar-refractivity contribution in [3.8, 4) is 0 Å². The SMILES string of the molecule is O=C(Nc1nnc(SCCCc2ccccc2)s1)c1ccccc1F. The molecule has 1 N–H and O–H groups in total. The molecule has 1 aromatic heterocycles. The van der Waals surface area contributed by atoms with Crippen LogP contribution in [0.2, 0.25) is 0 Å². The first kappa shape index (κ1) is 17.6. The zero-order valence-electron chi connectivity index (χ0n) is 13.3. The molecule has 4 nitrogen and oxygen atoms in total. The third kappa shape index (κ3) is 5.11. The first-order valence-electron chi connectivity index (χ1n) is 7.78. The van der Waals surface area contributed by atoms with Crippen LogP contribution in [0.3, 0.4) is 0 Å². The summed E-state index contributed by atoms with van der Waals surface area (Å²) < 4.78 is 14.4. The van der Waals surface area contributed by atoms with Crippen molar-refractivity contribution in [2.45, 2.75) is 17.2 Å². The highest BCUT2D eigenvalue weighted by Gasteiger charge is 2.13. The lowest BCUT2D eigenvalue weighted by Gasteiger charge is -2.01. The molecule has 3 aromatic rings. The predicted octanol–water partition coefficient (Wildman–Crippen LogP) is 4.65. The minimum Gasteiger partial charge on any atom is -0.296 e. The fourth-order valence-corrected chi connectivity index (χ4v) is 3.97. The van der Waals surface area contributed by atoms with Gasteiger partial charge < -0.3 is 0 Å². The minimum atomic E-state index is -0.556. The van der Waals surface area contributed by atoms with Gasteiger partial charge in [-0.25, -0.2) is 4.39 Å². The van der Waals surface area contributed by atoms with Crippen molar-refractivity contribution in [1.82, 2.24) is 10.2 Å². The minimum absolute atomic E-state index is 0.00485. The van der Waals surface area contributed by atoms with Gasteiger partial charge in [-0.05, 0) is 30.5 Å². The summed E-state index contributed by atoms with van der Waals surface area (Å²) in [6.45, 7) is 0. The molecular formula is C18H16FN3OS2. The van der Waals surface area contributed by atoms with Crippen molar-refractivity contribution in [3.05, 3.63) is 71.5 Å². The van der Waals surface area contributed by atoms with Gasteiger partial charge in [0.1, 0.15) is 5.82 Å². The first-order chi connectivity index (χ1) is 12.2. The Hall–Kier alpha value is -2.25. The van der Waals surface area contributed by atoms with E-state index in [9.17, 15) is 9.18 Å². The smallest absolute Gasteiger partial charge is 0.260 e. The Morgan fingerprint density at radius 3 is 2.64 bits per heavy atom. The number of thioether (sulfide) groups is 1. The monoisotopic (exact) mass is 373 g/mol. The van der Waals surface area contributed by atoms with Crippen LogP contribution in [0, 0.1) is 5.82 Å². The summed E-state index contributed by atoms with van der Waals surface area (Å²) in [5, 5.41) is 11.0. The lowest BCUT2D eigenvalue weighted by atomic mass is 10.1. The van der Waals surface area contributed by atoms with E-state index in [-0.39, 0.29) is 5.56 Å². The molecule has 128 valence electrons. The number of nitrogens with one attached hydrogen (secondary N) is 1. The zero-order chi connectivity index (χ0) is 17.5. The largest absolute Gasteiger partial charge is 0.296 e. The molecule has 0 aliphatic carbocycles. The normalized spacial score (nSPS) is 10.6. The van der Waals surface area contributed by atoms with E-state index in [4.69, 9.17) is 0 Å². The molecule has 0 saturated carbocycles. The Labute approximate surface area is 153 Å². The molecule has 0 aliphatic rings. The highest BCUT2D eigenvalue weighted by Crippen LogP contribution is 2.26. The number of halogens is 1. The summed E-state index contributed by atoms with van der Waals surface area (Å²) in [5.41, 5.74) is 1.31. The number of aryl methyl sites for hydroxylation is 1. The van der Waals surface area contributed by atoms with E-state index in [0.29, 0.717) is 5.13 Å². The standard InChI is InChI=1S/C18H16FN3OS2/c19-15-11-5-4-10-14(15)16(23)20-17-21-22-18(25-17)24-12-6-9-13-7-2-1-3-8-13/h1-5,7-8,10-11H,6,9,12H2,(H,20,21,23). The van der Waals surface area contributed by atoms with Crippen LogP contribution in [0.5, 0.6) is 0 Å². The molecular weight excluding hydrogens is 357 g/mol. The van der Waals surface area contributed by atoms with Gasteiger partial charge in [-0.1, -0.05) is 65.6 Å². The summed E-state index contributed by atoms with van der Waals surface area (Å²) in [4.78, 5) is 12.0. The second-order valence-electron chi connectivity index (χ2n) is 5.24. The lowest BCUT2D eigenvalue weighted by Crippen LogP contribution is -2.13. The number of nitrogens with zero attached hydrogens (tertiary/aromatic N) is 2. The number of rotatable bonds is 7. The topological polar surface area (TPSA) is 54.9 Å². The van der Waals surface area contributed by atoms with Crippen LogP contribution in [0.1, 0.15) is 22.3 Å². The molecule has 3 rings (SSSR count). The Bertz CT molecular complexity index is 839. The number of carbonyl (C=O) groups excluding carboxylic acids is 1. The predicted molar refractivity (Wildman–Crippen MR) is 99.7 cm³/mol. The van der Waals surface area contributed by atoms with Crippen LogP contribution in [-0.2, 0) is 6.42 Å². The van der Waals surface area contributed by atoms with Crippen molar-refractivity contribution < 1.29 is 9.18 Å². The van der Waals surface area contributed by atoms with Gasteiger partial charge in [0, 0.05) is 5.75 Å². The van der Waals surface area contributed by atoms with Gasteiger partial charge in [0.15, 0.2) is 4.34 Å². The second kappa shape index (κ2) is 8.73. The first-order valence-corrected chi connectivity index (χ1v) is 9.59. The van der Waals surface area contributed by atoms with Gasteiger partial charge >= 0.3 is 0 Å². The molecule has 0 atom stereocenters. The van der Waals surface area contributed by atoms with Crippen LogP contribution >= 0.6 is 23.1 Å². The van der Waals surface area contributed by atoms with Crippen molar-refractivity contribution in [2.24, 2.45) is 0 Å². The highest BCUT2D eigenvalue weighted by molar-refractivity contribution is 8.01. The lowest BCUT2D eigenvalue weighted by molar-refractivity contribution is 0.102. The van der Waals surface area contributed by atoms with Gasteiger partial charge in [0.2, 0.25) is 5.13 Å². The molecule has 7 heteroatoms. The molecule has 1 heterocycles. The summed E-state index contributed by atoms with van der Waals surface area (Å²) >= 11 is 2.90. The van der Waals surface area contributed by atoms with E-state index >= 15 is 0 Å². The van der Waals surface area contributed by atoms with Crippen LogP contribution < -0.4 is 5.32 Å². The average Bonchev–Trinajstić information content (AvgIpc) is 3.07. The molecule has 25 heavy (non-hydrogen) atoms. The molecule has 0 unspecified atom stereocenters. The number of hydrogen-bond acceptors (Lipinski definition) is 5. The quantitative estimate of drug-likeness (QED) is 0.372. The van der Waals surface area contributed by atoms with Gasteiger partial charge in [-0.3, -0.25) is 10.1 Å². The maximum atomic E-state index is 13.6. The molecule has 1 amide bonds. The van der Waals surface area contributed by atoms with Crippen LogP contribution in [0.25, 0.3) is 0 Å². The van der Waals surface area contributed by atoms with Crippen molar-refractivity contribution in [3.63, 3.8) is 0 Å². The van der Waals surface area contributed by atoms with E-state index in [1.54, 1.807) is 23.9 Å². The van der Waals surface area contributed by atoms with E-state index in [1.807, 2.05) is 18.2 Å². The maximum Gasteiger partial charge on any atom is 0.260 e. The number of anilines is 1. The molecule has 0 fully saturated rings. The van der Waals surface area contributed by atoms with Gasteiger partial charge in [-0.2, -0.15) is 0 Å². The Balaban J connectivity index is 1.47. The number of carbonyl (C=O) groups is 1. The van der Waals surface area contributed by atoms with E-state index in [1.165, 1.54) is 29.0 Å².